The van der Waals surface area contributed by atoms with E-state index in [0.29, 0.717) is 6.42 Å². The molecule has 116 valence electrons. The first-order valence-corrected chi connectivity index (χ1v) is 7.27. The van der Waals surface area contributed by atoms with E-state index in [1.165, 1.54) is 0 Å². The molecular weight excluding hydrogens is 258 g/mol. The highest BCUT2D eigenvalue weighted by Crippen LogP contribution is 2.42. The summed E-state index contributed by atoms with van der Waals surface area (Å²) in [7, 11) is 2.02. The molecule has 2 heterocycles. The van der Waals surface area contributed by atoms with Gasteiger partial charge in [0, 0.05) is 18.5 Å². The molecule has 2 aliphatic rings. The van der Waals surface area contributed by atoms with Gasteiger partial charge in [0.05, 0.1) is 13.2 Å². The summed E-state index contributed by atoms with van der Waals surface area (Å²) in [5.41, 5.74) is -1.14. The molecule has 2 N–H and O–H groups in total. The van der Waals surface area contributed by atoms with Crippen LogP contribution >= 0.6 is 0 Å². The van der Waals surface area contributed by atoms with Gasteiger partial charge in [0.15, 0.2) is 0 Å². The summed E-state index contributed by atoms with van der Waals surface area (Å²) in [6.45, 7) is 9.41. The molecular formula is C14H27N3O3. The molecule has 0 aromatic rings. The summed E-state index contributed by atoms with van der Waals surface area (Å²) in [5, 5.41) is 11.8. The first-order valence-electron chi connectivity index (χ1n) is 7.27. The quantitative estimate of drug-likeness (QED) is 0.731. The number of carbonyl (C=O) groups excluding carboxylic acids is 2. The molecule has 0 radical (unpaired) electrons. The van der Waals surface area contributed by atoms with Crippen LogP contribution in [-0.2, 0) is 4.79 Å². The van der Waals surface area contributed by atoms with E-state index in [4.69, 9.17) is 5.11 Å². The van der Waals surface area contributed by atoms with Crippen LogP contribution < -0.4 is 5.32 Å². The summed E-state index contributed by atoms with van der Waals surface area (Å²) in [6.07, 6.45) is 0.614. The number of urea groups is 1. The second kappa shape index (κ2) is 6.10. The van der Waals surface area contributed by atoms with E-state index in [1.807, 2.05) is 34.7 Å². The Balaban J connectivity index is 0.000000956. The fourth-order valence-electron chi connectivity index (χ4n) is 3.14. The summed E-state index contributed by atoms with van der Waals surface area (Å²) in [6, 6.07) is -0.383. The molecule has 0 aromatic carbocycles. The Morgan fingerprint density at radius 1 is 1.30 bits per heavy atom. The van der Waals surface area contributed by atoms with Crippen LogP contribution in [0, 0.1) is 5.41 Å². The van der Waals surface area contributed by atoms with Crippen molar-refractivity contribution in [3.05, 3.63) is 0 Å². The molecule has 2 saturated heterocycles. The molecule has 20 heavy (non-hydrogen) atoms. The van der Waals surface area contributed by atoms with Crippen molar-refractivity contribution in [3.8, 4) is 0 Å². The van der Waals surface area contributed by atoms with E-state index in [0.717, 1.165) is 18.0 Å². The van der Waals surface area contributed by atoms with E-state index >= 15 is 0 Å². The molecule has 2 fully saturated rings. The van der Waals surface area contributed by atoms with Gasteiger partial charge < -0.3 is 15.3 Å². The van der Waals surface area contributed by atoms with Crippen molar-refractivity contribution in [2.75, 3.05) is 33.3 Å². The molecule has 6 heteroatoms. The van der Waals surface area contributed by atoms with Crippen molar-refractivity contribution >= 4 is 11.9 Å². The Morgan fingerprint density at radius 2 is 1.90 bits per heavy atom. The smallest absolute Gasteiger partial charge is 0.325 e. The van der Waals surface area contributed by atoms with Crippen LogP contribution in [0.4, 0.5) is 4.79 Å². The first kappa shape index (κ1) is 16.9. The number of piperidine rings is 1. The Kier molecular flexibility index (Phi) is 5.15. The minimum atomic E-state index is -0.814. The van der Waals surface area contributed by atoms with E-state index < -0.39 is 5.54 Å². The van der Waals surface area contributed by atoms with Gasteiger partial charge in [-0.25, -0.2) is 4.79 Å². The predicted octanol–water partition coefficient (Wildman–Crippen LogP) is 0.657. The van der Waals surface area contributed by atoms with Gasteiger partial charge in [-0.1, -0.05) is 27.7 Å². The zero-order valence-electron chi connectivity index (χ0n) is 13.2. The van der Waals surface area contributed by atoms with Gasteiger partial charge in [0.1, 0.15) is 5.54 Å². The highest BCUT2D eigenvalue weighted by Gasteiger charge is 2.60. The molecule has 2 rings (SSSR count). The molecule has 0 bridgehead atoms. The van der Waals surface area contributed by atoms with Crippen LogP contribution in [0.15, 0.2) is 0 Å². The number of likely N-dealkylation sites (tertiary alicyclic amines) is 1. The molecule has 2 aliphatic heterocycles. The van der Waals surface area contributed by atoms with Crippen molar-refractivity contribution in [3.63, 3.8) is 0 Å². The lowest BCUT2D eigenvalue weighted by Gasteiger charge is -2.48. The molecule has 1 spiro atoms. The predicted molar refractivity (Wildman–Crippen MR) is 77.3 cm³/mol. The molecule has 6 nitrogen and oxygen atoms in total. The number of nitrogens with one attached hydrogen (secondary N) is 1. The standard InChI is InChI=1S/C12H21N3O3.C2H6/c1-11(2)8-14(3)5-4-12(11)9(17)15(6-7-16)10(18)13-12;1-2/h16H,4-8H2,1-3H3,(H,13,18);1-2H3. The van der Waals surface area contributed by atoms with E-state index in [1.54, 1.807) is 0 Å². The van der Waals surface area contributed by atoms with Crippen molar-refractivity contribution in [2.24, 2.45) is 5.41 Å². The lowest BCUT2D eigenvalue weighted by atomic mass is 9.67. The number of imide groups is 1. The average Bonchev–Trinajstić information content (AvgIpc) is 2.63. The van der Waals surface area contributed by atoms with E-state index in [2.05, 4.69) is 10.2 Å². The summed E-state index contributed by atoms with van der Waals surface area (Å²) in [5.74, 6) is -0.195. The van der Waals surface area contributed by atoms with E-state index in [9.17, 15) is 9.59 Å². The SMILES string of the molecule is CC.CN1CCC2(NC(=O)N(CCO)C2=O)C(C)(C)C1. The lowest BCUT2D eigenvalue weighted by molar-refractivity contribution is -0.139. The fraction of sp³-hybridized carbons (Fsp3) is 0.857. The Hall–Kier alpha value is -1.14. The molecule has 0 saturated carbocycles. The van der Waals surface area contributed by atoms with Crippen LogP contribution in [0.25, 0.3) is 0 Å². The number of nitrogens with zero attached hydrogens (tertiary/aromatic N) is 2. The van der Waals surface area contributed by atoms with Crippen molar-refractivity contribution in [1.82, 2.24) is 15.1 Å². The maximum atomic E-state index is 12.5. The zero-order valence-corrected chi connectivity index (χ0v) is 13.2. The van der Waals surface area contributed by atoms with Crippen LogP contribution in [0.2, 0.25) is 0 Å². The highest BCUT2D eigenvalue weighted by atomic mass is 16.3. The number of rotatable bonds is 2. The second-order valence-corrected chi connectivity index (χ2v) is 5.89. The number of hydrogen-bond acceptors (Lipinski definition) is 4. The molecule has 3 amide bonds. The monoisotopic (exact) mass is 285 g/mol. The van der Waals surface area contributed by atoms with Gasteiger partial charge in [-0.2, -0.15) is 0 Å². The van der Waals surface area contributed by atoms with E-state index in [-0.39, 0.29) is 30.5 Å². The Labute approximate surface area is 121 Å². The number of amides is 3. The number of aliphatic hydroxyl groups is 1. The third kappa shape index (κ3) is 2.54. The van der Waals surface area contributed by atoms with Crippen LogP contribution in [-0.4, -0.2) is 65.7 Å². The van der Waals surface area contributed by atoms with Crippen molar-refractivity contribution in [1.29, 1.82) is 0 Å². The third-order valence-corrected chi connectivity index (χ3v) is 4.19. The van der Waals surface area contributed by atoms with Gasteiger partial charge in [-0.3, -0.25) is 9.69 Å². The number of hydrogen-bond donors (Lipinski definition) is 2. The van der Waals surface area contributed by atoms with Crippen LogP contribution in [0.5, 0.6) is 0 Å². The summed E-state index contributed by atoms with van der Waals surface area (Å²) in [4.78, 5) is 27.7. The maximum absolute atomic E-state index is 12.5. The fourth-order valence-corrected chi connectivity index (χ4v) is 3.14. The lowest BCUT2D eigenvalue weighted by Crippen LogP contribution is -2.65. The highest BCUT2D eigenvalue weighted by molar-refractivity contribution is 6.07. The number of carbonyl (C=O) groups is 2. The van der Waals surface area contributed by atoms with Gasteiger partial charge in [-0.15, -0.1) is 0 Å². The molecule has 1 atom stereocenters. The minimum absolute atomic E-state index is 0.0678. The normalized spacial score (nSPS) is 29.2. The third-order valence-electron chi connectivity index (χ3n) is 4.19. The summed E-state index contributed by atoms with van der Waals surface area (Å²) >= 11 is 0. The number of β-amino-alcohol motifs (C(OH)–C–C–N with tert-alkyl or cyclic N) is 1. The molecule has 0 aliphatic carbocycles. The average molecular weight is 285 g/mol. The van der Waals surface area contributed by atoms with Gasteiger partial charge in [-0.05, 0) is 13.5 Å². The largest absolute Gasteiger partial charge is 0.395 e. The Bertz CT molecular complexity index is 384. The van der Waals surface area contributed by atoms with Gasteiger partial charge in [0.2, 0.25) is 0 Å². The maximum Gasteiger partial charge on any atom is 0.325 e. The van der Waals surface area contributed by atoms with Gasteiger partial charge in [0.25, 0.3) is 5.91 Å². The first-order chi connectivity index (χ1) is 9.34. The van der Waals surface area contributed by atoms with Gasteiger partial charge >= 0.3 is 6.03 Å². The van der Waals surface area contributed by atoms with Crippen molar-refractivity contribution in [2.45, 2.75) is 39.7 Å². The van der Waals surface area contributed by atoms with Crippen LogP contribution in [0.1, 0.15) is 34.1 Å². The molecule has 1 unspecified atom stereocenters. The van der Waals surface area contributed by atoms with Crippen molar-refractivity contribution < 1.29 is 14.7 Å². The minimum Gasteiger partial charge on any atom is -0.395 e. The topological polar surface area (TPSA) is 72.9 Å². The number of aliphatic hydroxyl groups excluding tert-OH is 1. The van der Waals surface area contributed by atoms with Crippen LogP contribution in [0.3, 0.4) is 0 Å². The second-order valence-electron chi connectivity index (χ2n) is 5.89. The summed E-state index contributed by atoms with van der Waals surface area (Å²) < 4.78 is 0. The Morgan fingerprint density at radius 3 is 2.40 bits per heavy atom. The zero-order chi connectivity index (χ0) is 15.6. The molecule has 0 aromatic heterocycles.